The second-order valence-corrected chi connectivity index (χ2v) is 5.91. The predicted molar refractivity (Wildman–Crippen MR) is 90.8 cm³/mol. The average molecular weight is 306 g/mol. The van der Waals surface area contributed by atoms with Crippen molar-refractivity contribution in [2.75, 3.05) is 6.61 Å². The van der Waals surface area contributed by atoms with Crippen molar-refractivity contribution in [3.8, 4) is 5.75 Å². The molecule has 0 aliphatic carbocycles. The van der Waals surface area contributed by atoms with Crippen LogP contribution in [0.15, 0.2) is 59.4 Å². The molecule has 0 amide bonds. The van der Waals surface area contributed by atoms with Crippen molar-refractivity contribution in [3.05, 3.63) is 76.1 Å². The Kier molecular flexibility index (Phi) is 3.60. The first-order valence-electron chi connectivity index (χ1n) is 7.84. The molecule has 0 spiro atoms. The van der Waals surface area contributed by atoms with Gasteiger partial charge in [-0.25, -0.2) is 0 Å². The number of pyridine rings is 1. The average Bonchev–Trinajstić information content (AvgIpc) is 2.60. The van der Waals surface area contributed by atoms with Gasteiger partial charge >= 0.3 is 0 Å². The van der Waals surface area contributed by atoms with Gasteiger partial charge in [0.25, 0.3) is 0 Å². The molecule has 4 nitrogen and oxygen atoms in total. The number of nitrogens with one attached hydrogen (secondary N) is 2. The van der Waals surface area contributed by atoms with Crippen LogP contribution in [-0.4, -0.2) is 17.6 Å². The first-order chi connectivity index (χ1) is 11.3. The van der Waals surface area contributed by atoms with E-state index in [2.05, 4.69) is 16.4 Å². The van der Waals surface area contributed by atoms with Crippen LogP contribution < -0.4 is 15.5 Å². The van der Waals surface area contributed by atoms with Crippen LogP contribution in [0, 0.1) is 0 Å². The first-order valence-corrected chi connectivity index (χ1v) is 7.84. The van der Waals surface area contributed by atoms with Crippen LogP contribution in [0.2, 0.25) is 0 Å². The second-order valence-electron chi connectivity index (χ2n) is 5.91. The third kappa shape index (κ3) is 2.85. The molecule has 0 saturated carbocycles. The van der Waals surface area contributed by atoms with Crippen LogP contribution in [0.5, 0.6) is 5.75 Å². The molecule has 0 bridgehead atoms. The summed E-state index contributed by atoms with van der Waals surface area (Å²) in [5.74, 6) is 0.977. The van der Waals surface area contributed by atoms with Crippen LogP contribution in [-0.2, 0) is 13.0 Å². The van der Waals surface area contributed by atoms with Gasteiger partial charge in [0.05, 0.1) is 0 Å². The molecule has 116 valence electrons. The van der Waals surface area contributed by atoms with Crippen LogP contribution in [0.1, 0.15) is 11.3 Å². The molecular formula is C19H18N2O2. The van der Waals surface area contributed by atoms with Crippen molar-refractivity contribution in [1.82, 2.24) is 10.3 Å². The quantitative estimate of drug-likeness (QED) is 0.782. The molecular weight excluding hydrogens is 288 g/mol. The minimum atomic E-state index is 0.0568. The van der Waals surface area contributed by atoms with Crippen molar-refractivity contribution in [3.63, 3.8) is 0 Å². The molecule has 3 aromatic rings. The Balaban J connectivity index is 1.49. The zero-order valence-electron chi connectivity index (χ0n) is 12.7. The minimum Gasteiger partial charge on any atom is -0.492 e. The third-order valence-electron chi connectivity index (χ3n) is 4.25. The van der Waals surface area contributed by atoms with Gasteiger partial charge in [0.1, 0.15) is 12.4 Å². The Morgan fingerprint density at radius 3 is 2.91 bits per heavy atom. The Hall–Kier alpha value is -2.59. The minimum absolute atomic E-state index is 0.0568. The summed E-state index contributed by atoms with van der Waals surface area (Å²) in [6.45, 7) is 1.27. The van der Waals surface area contributed by atoms with Crippen molar-refractivity contribution >= 4 is 10.9 Å². The summed E-state index contributed by atoms with van der Waals surface area (Å²) in [4.78, 5) is 15.5. The van der Waals surface area contributed by atoms with E-state index in [-0.39, 0.29) is 11.5 Å². The van der Waals surface area contributed by atoms with Gasteiger partial charge < -0.3 is 15.0 Å². The maximum absolute atomic E-state index is 12.1. The summed E-state index contributed by atoms with van der Waals surface area (Å²) < 4.78 is 5.78. The SMILES string of the molecule is O=c1cc(CNC2COc3ccccc3C2)[nH]c2ccccc12. The number of benzene rings is 2. The van der Waals surface area contributed by atoms with Gasteiger partial charge in [-0.15, -0.1) is 0 Å². The largest absolute Gasteiger partial charge is 0.492 e. The van der Waals surface area contributed by atoms with Gasteiger partial charge in [-0.05, 0) is 30.2 Å². The van der Waals surface area contributed by atoms with Crippen LogP contribution in [0.25, 0.3) is 10.9 Å². The zero-order valence-corrected chi connectivity index (χ0v) is 12.7. The van der Waals surface area contributed by atoms with E-state index >= 15 is 0 Å². The number of ether oxygens (including phenoxy) is 1. The van der Waals surface area contributed by atoms with E-state index in [1.807, 2.05) is 42.5 Å². The van der Waals surface area contributed by atoms with Gasteiger partial charge in [-0.2, -0.15) is 0 Å². The Labute approximate surface area is 134 Å². The summed E-state index contributed by atoms with van der Waals surface area (Å²) >= 11 is 0. The standard InChI is InChI=1S/C19H18N2O2/c22-18-10-14(21-17-7-3-2-6-16(17)18)11-20-15-9-13-5-1-4-8-19(13)23-12-15/h1-8,10,15,20H,9,11-12H2,(H,21,22). The van der Waals surface area contributed by atoms with Crippen LogP contribution in [0.3, 0.4) is 0 Å². The highest BCUT2D eigenvalue weighted by Gasteiger charge is 2.18. The van der Waals surface area contributed by atoms with E-state index in [9.17, 15) is 4.79 Å². The number of rotatable bonds is 3. The van der Waals surface area contributed by atoms with Crippen molar-refractivity contribution < 1.29 is 4.74 Å². The van der Waals surface area contributed by atoms with Gasteiger partial charge in [0, 0.05) is 35.2 Å². The maximum Gasteiger partial charge on any atom is 0.189 e. The molecule has 1 atom stereocenters. The number of para-hydroxylation sites is 2. The Morgan fingerprint density at radius 1 is 1.13 bits per heavy atom. The van der Waals surface area contributed by atoms with Crippen LogP contribution in [0.4, 0.5) is 0 Å². The summed E-state index contributed by atoms with van der Waals surface area (Å²) in [7, 11) is 0. The monoisotopic (exact) mass is 306 g/mol. The summed E-state index contributed by atoms with van der Waals surface area (Å²) in [6, 6.07) is 17.6. The van der Waals surface area contributed by atoms with Crippen molar-refractivity contribution in [2.24, 2.45) is 0 Å². The number of hydrogen-bond acceptors (Lipinski definition) is 3. The van der Waals surface area contributed by atoms with Gasteiger partial charge in [-0.3, -0.25) is 4.79 Å². The van der Waals surface area contributed by atoms with Gasteiger partial charge in [0.15, 0.2) is 5.43 Å². The van der Waals surface area contributed by atoms with E-state index in [4.69, 9.17) is 4.74 Å². The summed E-state index contributed by atoms with van der Waals surface area (Å²) in [5.41, 5.74) is 3.05. The highest BCUT2D eigenvalue weighted by atomic mass is 16.5. The summed E-state index contributed by atoms with van der Waals surface area (Å²) in [5, 5.41) is 4.20. The van der Waals surface area contributed by atoms with E-state index in [1.54, 1.807) is 6.07 Å². The normalized spacial score (nSPS) is 16.8. The number of hydrogen-bond donors (Lipinski definition) is 2. The summed E-state index contributed by atoms with van der Waals surface area (Å²) in [6.07, 6.45) is 0.938. The van der Waals surface area contributed by atoms with Crippen LogP contribution >= 0.6 is 0 Å². The number of H-pyrrole nitrogens is 1. The van der Waals surface area contributed by atoms with E-state index in [0.717, 1.165) is 28.8 Å². The lowest BCUT2D eigenvalue weighted by atomic mass is 10.0. The van der Waals surface area contributed by atoms with E-state index in [0.29, 0.717) is 13.2 Å². The second kappa shape index (κ2) is 5.89. The number of aromatic nitrogens is 1. The maximum atomic E-state index is 12.1. The molecule has 0 fully saturated rings. The molecule has 2 aromatic carbocycles. The lowest BCUT2D eigenvalue weighted by Crippen LogP contribution is -2.39. The predicted octanol–water partition coefficient (Wildman–Crippen LogP) is 2.62. The fourth-order valence-corrected chi connectivity index (χ4v) is 3.06. The number of aromatic amines is 1. The Morgan fingerprint density at radius 2 is 1.96 bits per heavy atom. The number of fused-ring (bicyclic) bond motifs is 2. The molecule has 4 heteroatoms. The fourth-order valence-electron chi connectivity index (χ4n) is 3.06. The molecule has 1 unspecified atom stereocenters. The van der Waals surface area contributed by atoms with Crippen molar-refractivity contribution in [2.45, 2.75) is 19.0 Å². The molecule has 2 heterocycles. The highest BCUT2D eigenvalue weighted by molar-refractivity contribution is 5.78. The van der Waals surface area contributed by atoms with Gasteiger partial charge in [0.2, 0.25) is 0 Å². The lowest BCUT2D eigenvalue weighted by Gasteiger charge is -2.26. The molecule has 1 aliphatic rings. The fraction of sp³-hybridized carbons (Fsp3) is 0.211. The molecule has 0 radical (unpaired) electrons. The molecule has 2 N–H and O–H groups in total. The highest BCUT2D eigenvalue weighted by Crippen LogP contribution is 2.23. The molecule has 23 heavy (non-hydrogen) atoms. The molecule has 1 aliphatic heterocycles. The molecule has 0 saturated heterocycles. The molecule has 1 aromatic heterocycles. The van der Waals surface area contributed by atoms with Crippen molar-refractivity contribution in [1.29, 1.82) is 0 Å². The van der Waals surface area contributed by atoms with E-state index < -0.39 is 0 Å². The first kappa shape index (κ1) is 14.0. The van der Waals surface area contributed by atoms with E-state index in [1.165, 1.54) is 5.56 Å². The topological polar surface area (TPSA) is 54.1 Å². The Bertz CT molecular complexity index is 901. The molecule has 4 rings (SSSR count). The van der Waals surface area contributed by atoms with Gasteiger partial charge in [-0.1, -0.05) is 30.3 Å². The lowest BCUT2D eigenvalue weighted by molar-refractivity contribution is 0.237. The smallest absolute Gasteiger partial charge is 0.189 e. The third-order valence-corrected chi connectivity index (χ3v) is 4.25. The zero-order chi connectivity index (χ0) is 15.6.